The molecule has 0 saturated carbocycles. The normalized spacial score (nSPS) is 22.1. The van der Waals surface area contributed by atoms with Crippen LogP contribution in [0.15, 0.2) is 17.5 Å². The molecule has 0 unspecified atom stereocenters. The third-order valence-electron chi connectivity index (χ3n) is 1.73. The van der Waals surface area contributed by atoms with E-state index in [1.165, 1.54) is 4.88 Å². The number of hydrogen-bond donors (Lipinski definition) is 1. The van der Waals surface area contributed by atoms with Gasteiger partial charge in [-0.05, 0) is 11.4 Å². The highest BCUT2D eigenvalue weighted by Gasteiger charge is 2.36. The van der Waals surface area contributed by atoms with E-state index in [1.54, 1.807) is 11.3 Å². The minimum atomic E-state index is -0.159. The first-order chi connectivity index (χ1) is 4.81. The van der Waals surface area contributed by atoms with Crippen molar-refractivity contribution in [3.8, 4) is 0 Å². The quantitative estimate of drug-likeness (QED) is 0.655. The zero-order chi connectivity index (χ0) is 7.03. The number of hydrogen-bond acceptors (Lipinski definition) is 3. The van der Waals surface area contributed by atoms with E-state index in [2.05, 4.69) is 6.07 Å². The first-order valence-corrected chi connectivity index (χ1v) is 4.10. The van der Waals surface area contributed by atoms with Crippen LogP contribution in [-0.2, 0) is 10.3 Å². The van der Waals surface area contributed by atoms with E-state index in [0.717, 1.165) is 0 Å². The van der Waals surface area contributed by atoms with Crippen molar-refractivity contribution in [2.75, 3.05) is 13.2 Å². The Labute approximate surface area is 63.6 Å². The molecule has 0 radical (unpaired) electrons. The molecule has 0 amide bonds. The van der Waals surface area contributed by atoms with Crippen LogP contribution in [0.5, 0.6) is 0 Å². The molecule has 2 rings (SSSR count). The van der Waals surface area contributed by atoms with Gasteiger partial charge in [-0.25, -0.2) is 0 Å². The molecule has 0 spiro atoms. The van der Waals surface area contributed by atoms with Gasteiger partial charge in [0, 0.05) is 4.88 Å². The maximum Gasteiger partial charge on any atom is 0.0976 e. The van der Waals surface area contributed by atoms with Crippen molar-refractivity contribution >= 4 is 11.3 Å². The van der Waals surface area contributed by atoms with Gasteiger partial charge in [0.2, 0.25) is 0 Å². The lowest BCUT2D eigenvalue weighted by atomic mass is 9.97. The van der Waals surface area contributed by atoms with E-state index in [4.69, 9.17) is 10.5 Å². The Bertz CT molecular complexity index is 216. The lowest BCUT2D eigenvalue weighted by Gasteiger charge is -2.36. The number of nitrogens with two attached hydrogens (primary N) is 1. The molecule has 0 aromatic carbocycles. The SMILES string of the molecule is NC1(c2cccs2)COC1. The molecule has 0 bridgehead atoms. The van der Waals surface area contributed by atoms with Crippen molar-refractivity contribution < 1.29 is 4.74 Å². The average molecular weight is 155 g/mol. The molecule has 2 nitrogen and oxygen atoms in total. The summed E-state index contributed by atoms with van der Waals surface area (Å²) in [5, 5.41) is 2.04. The standard InChI is InChI=1S/C7H9NOS/c8-7(4-9-5-7)6-2-1-3-10-6/h1-3H,4-5,8H2. The molecule has 0 atom stereocenters. The van der Waals surface area contributed by atoms with Gasteiger partial charge in [-0.3, -0.25) is 0 Å². The Balaban J connectivity index is 2.27. The molecule has 2 heterocycles. The largest absolute Gasteiger partial charge is 0.377 e. The van der Waals surface area contributed by atoms with E-state index in [9.17, 15) is 0 Å². The lowest BCUT2D eigenvalue weighted by molar-refractivity contribution is -0.0550. The Morgan fingerprint density at radius 1 is 1.60 bits per heavy atom. The molecule has 1 aliphatic heterocycles. The molecular formula is C7H9NOS. The zero-order valence-electron chi connectivity index (χ0n) is 5.54. The fourth-order valence-corrected chi connectivity index (χ4v) is 1.84. The van der Waals surface area contributed by atoms with Crippen LogP contribution >= 0.6 is 11.3 Å². The Hall–Kier alpha value is -0.380. The van der Waals surface area contributed by atoms with Crippen LogP contribution in [0.25, 0.3) is 0 Å². The van der Waals surface area contributed by atoms with Gasteiger partial charge in [-0.15, -0.1) is 11.3 Å². The van der Waals surface area contributed by atoms with Gasteiger partial charge in [0.15, 0.2) is 0 Å². The van der Waals surface area contributed by atoms with Crippen LogP contribution in [-0.4, -0.2) is 13.2 Å². The molecule has 1 aliphatic rings. The highest BCUT2D eigenvalue weighted by molar-refractivity contribution is 7.10. The highest BCUT2D eigenvalue weighted by Crippen LogP contribution is 2.29. The van der Waals surface area contributed by atoms with Crippen LogP contribution in [0.2, 0.25) is 0 Å². The fraction of sp³-hybridized carbons (Fsp3) is 0.429. The van der Waals surface area contributed by atoms with Gasteiger partial charge in [0.25, 0.3) is 0 Å². The second-order valence-corrected chi connectivity index (χ2v) is 3.57. The molecular weight excluding hydrogens is 146 g/mol. The molecule has 54 valence electrons. The summed E-state index contributed by atoms with van der Waals surface area (Å²) < 4.78 is 5.04. The van der Waals surface area contributed by atoms with E-state index >= 15 is 0 Å². The van der Waals surface area contributed by atoms with Gasteiger partial charge in [0.1, 0.15) is 0 Å². The highest BCUT2D eigenvalue weighted by atomic mass is 32.1. The van der Waals surface area contributed by atoms with Crippen LogP contribution < -0.4 is 5.73 Å². The summed E-state index contributed by atoms with van der Waals surface area (Å²) in [7, 11) is 0. The molecule has 1 aromatic heterocycles. The van der Waals surface area contributed by atoms with Crippen molar-refractivity contribution in [2.24, 2.45) is 5.73 Å². The van der Waals surface area contributed by atoms with Crippen molar-refractivity contribution in [3.05, 3.63) is 22.4 Å². The summed E-state index contributed by atoms with van der Waals surface area (Å²) in [6, 6.07) is 4.08. The minimum absolute atomic E-state index is 0.159. The lowest BCUT2D eigenvalue weighted by Crippen LogP contribution is -2.53. The maximum atomic E-state index is 5.95. The Morgan fingerprint density at radius 3 is 2.80 bits per heavy atom. The summed E-state index contributed by atoms with van der Waals surface area (Å²) in [5.74, 6) is 0. The topological polar surface area (TPSA) is 35.2 Å². The third-order valence-corrected chi connectivity index (χ3v) is 2.82. The van der Waals surface area contributed by atoms with Crippen LogP contribution in [0.1, 0.15) is 4.88 Å². The Morgan fingerprint density at radius 2 is 2.40 bits per heavy atom. The third kappa shape index (κ3) is 0.785. The smallest absolute Gasteiger partial charge is 0.0976 e. The summed E-state index contributed by atoms with van der Waals surface area (Å²) >= 11 is 1.70. The van der Waals surface area contributed by atoms with Gasteiger partial charge in [0.05, 0.1) is 18.8 Å². The van der Waals surface area contributed by atoms with Crippen molar-refractivity contribution in [1.82, 2.24) is 0 Å². The van der Waals surface area contributed by atoms with Crippen LogP contribution in [0.3, 0.4) is 0 Å². The van der Waals surface area contributed by atoms with E-state index < -0.39 is 0 Å². The van der Waals surface area contributed by atoms with Crippen LogP contribution in [0, 0.1) is 0 Å². The summed E-state index contributed by atoms with van der Waals surface area (Å²) in [5.41, 5.74) is 5.80. The molecule has 2 N–H and O–H groups in total. The number of ether oxygens (including phenoxy) is 1. The number of rotatable bonds is 1. The molecule has 1 saturated heterocycles. The molecule has 3 heteroatoms. The van der Waals surface area contributed by atoms with Gasteiger partial charge < -0.3 is 10.5 Å². The maximum absolute atomic E-state index is 5.95. The zero-order valence-corrected chi connectivity index (χ0v) is 6.36. The summed E-state index contributed by atoms with van der Waals surface area (Å²) in [6.07, 6.45) is 0. The number of thiophene rings is 1. The van der Waals surface area contributed by atoms with E-state index in [-0.39, 0.29) is 5.54 Å². The summed E-state index contributed by atoms with van der Waals surface area (Å²) in [4.78, 5) is 1.23. The molecule has 0 aliphatic carbocycles. The van der Waals surface area contributed by atoms with Crippen molar-refractivity contribution in [2.45, 2.75) is 5.54 Å². The molecule has 10 heavy (non-hydrogen) atoms. The predicted molar refractivity (Wildman–Crippen MR) is 41.0 cm³/mol. The first kappa shape index (κ1) is 6.34. The molecule has 1 aromatic rings. The second kappa shape index (κ2) is 2.05. The minimum Gasteiger partial charge on any atom is -0.377 e. The Kier molecular flexibility index (Phi) is 1.30. The average Bonchev–Trinajstić information content (AvgIpc) is 2.33. The summed E-state index contributed by atoms with van der Waals surface area (Å²) in [6.45, 7) is 1.35. The van der Waals surface area contributed by atoms with Gasteiger partial charge in [-0.1, -0.05) is 6.07 Å². The van der Waals surface area contributed by atoms with Crippen molar-refractivity contribution in [3.63, 3.8) is 0 Å². The fourth-order valence-electron chi connectivity index (χ4n) is 1.03. The predicted octanol–water partition coefficient (Wildman–Crippen LogP) is 0.932. The first-order valence-electron chi connectivity index (χ1n) is 3.22. The van der Waals surface area contributed by atoms with Gasteiger partial charge in [-0.2, -0.15) is 0 Å². The van der Waals surface area contributed by atoms with Crippen LogP contribution in [0.4, 0.5) is 0 Å². The monoisotopic (exact) mass is 155 g/mol. The second-order valence-electron chi connectivity index (χ2n) is 2.63. The molecule has 1 fully saturated rings. The van der Waals surface area contributed by atoms with E-state index in [0.29, 0.717) is 13.2 Å². The van der Waals surface area contributed by atoms with E-state index in [1.807, 2.05) is 11.4 Å². The van der Waals surface area contributed by atoms with Crippen molar-refractivity contribution in [1.29, 1.82) is 0 Å². The van der Waals surface area contributed by atoms with Gasteiger partial charge >= 0.3 is 0 Å².